The van der Waals surface area contributed by atoms with E-state index in [0.717, 1.165) is 21.3 Å². The fraction of sp³-hybridized carbons (Fsp3) is 0.222. The van der Waals surface area contributed by atoms with Crippen molar-refractivity contribution < 1.29 is 18.0 Å². The molecule has 0 aliphatic rings. The third-order valence-electron chi connectivity index (χ3n) is 3.66. The minimum Gasteiger partial charge on any atom is -0.324 e. The predicted molar refractivity (Wildman–Crippen MR) is 96.0 cm³/mol. The Morgan fingerprint density at radius 2 is 1.85 bits per heavy atom. The van der Waals surface area contributed by atoms with Gasteiger partial charge in [-0.25, -0.2) is 4.98 Å². The van der Waals surface area contributed by atoms with Crippen LogP contribution in [0.2, 0.25) is 0 Å². The van der Waals surface area contributed by atoms with Crippen LogP contribution in [0, 0.1) is 0 Å². The topological polar surface area (TPSA) is 45.2 Å². The molecule has 0 aliphatic heterocycles. The molecule has 1 heterocycles. The molecule has 2 aromatic carbocycles. The van der Waals surface area contributed by atoms with Gasteiger partial charge in [-0.3, -0.25) is 9.69 Å². The van der Waals surface area contributed by atoms with Gasteiger partial charge in [-0.1, -0.05) is 24.3 Å². The molecule has 8 heteroatoms. The van der Waals surface area contributed by atoms with Crippen LogP contribution in [0.5, 0.6) is 0 Å². The van der Waals surface area contributed by atoms with E-state index in [-0.39, 0.29) is 12.2 Å². The molecule has 1 amide bonds. The number of carbonyl (C=O) groups excluding carboxylic acids is 1. The Hall–Kier alpha value is -2.45. The zero-order valence-electron chi connectivity index (χ0n) is 13.9. The van der Waals surface area contributed by atoms with Gasteiger partial charge in [-0.05, 0) is 31.3 Å². The van der Waals surface area contributed by atoms with Gasteiger partial charge in [0.15, 0.2) is 0 Å². The number of halogens is 3. The number of aromatic nitrogens is 1. The maximum absolute atomic E-state index is 13.0. The molecular formula is C18H16F3N3OS. The first-order valence-corrected chi connectivity index (χ1v) is 8.63. The highest BCUT2D eigenvalue weighted by Gasteiger charge is 2.33. The van der Waals surface area contributed by atoms with Crippen molar-refractivity contribution in [3.8, 4) is 0 Å². The fourth-order valence-electron chi connectivity index (χ4n) is 2.55. The molecule has 1 N–H and O–H groups in total. The highest BCUT2D eigenvalue weighted by molar-refractivity contribution is 7.18. The van der Waals surface area contributed by atoms with Crippen LogP contribution >= 0.6 is 11.3 Å². The van der Waals surface area contributed by atoms with Crippen molar-refractivity contribution in [3.05, 3.63) is 59.1 Å². The number of carbonyl (C=O) groups is 1. The van der Waals surface area contributed by atoms with Crippen molar-refractivity contribution in [3.63, 3.8) is 0 Å². The second-order valence-corrected chi connectivity index (χ2v) is 6.95. The van der Waals surface area contributed by atoms with Crippen molar-refractivity contribution in [2.75, 3.05) is 18.9 Å². The molecule has 1 aromatic heterocycles. The van der Waals surface area contributed by atoms with Crippen molar-refractivity contribution in [2.45, 2.75) is 12.7 Å². The lowest BCUT2D eigenvalue weighted by molar-refractivity contribution is -0.137. The summed E-state index contributed by atoms with van der Waals surface area (Å²) in [4.78, 5) is 18.3. The van der Waals surface area contributed by atoms with E-state index in [4.69, 9.17) is 0 Å². The number of nitrogens with zero attached hydrogens (tertiary/aromatic N) is 2. The lowest BCUT2D eigenvalue weighted by Gasteiger charge is -2.17. The van der Waals surface area contributed by atoms with E-state index in [2.05, 4.69) is 10.3 Å². The number of likely N-dealkylation sites (N-methyl/N-ethyl adjacent to an activating group) is 1. The second kappa shape index (κ2) is 7.43. The Kier molecular flexibility index (Phi) is 5.24. The van der Waals surface area contributed by atoms with E-state index in [9.17, 15) is 18.0 Å². The smallest absolute Gasteiger partial charge is 0.324 e. The van der Waals surface area contributed by atoms with Crippen LogP contribution in [0.3, 0.4) is 0 Å². The molecule has 0 fully saturated rings. The molecule has 0 spiro atoms. The molecule has 3 aromatic rings. The molecule has 0 aliphatic carbocycles. The summed E-state index contributed by atoms with van der Waals surface area (Å²) in [6.07, 6.45) is -4.52. The van der Waals surface area contributed by atoms with Crippen LogP contribution in [0.15, 0.2) is 48.5 Å². The van der Waals surface area contributed by atoms with Crippen LogP contribution in [0.4, 0.5) is 18.9 Å². The third kappa shape index (κ3) is 4.39. The first-order valence-electron chi connectivity index (χ1n) is 7.82. The Balaban J connectivity index is 1.63. The summed E-state index contributed by atoms with van der Waals surface area (Å²) in [7, 11) is 1.72. The fourth-order valence-corrected chi connectivity index (χ4v) is 3.60. The summed E-state index contributed by atoms with van der Waals surface area (Å²) in [5, 5.41) is 3.19. The average molecular weight is 379 g/mol. The van der Waals surface area contributed by atoms with E-state index in [1.54, 1.807) is 11.9 Å². The van der Waals surface area contributed by atoms with Crippen LogP contribution in [-0.4, -0.2) is 29.4 Å². The van der Waals surface area contributed by atoms with Crippen molar-refractivity contribution in [1.29, 1.82) is 0 Å². The maximum atomic E-state index is 13.0. The zero-order chi connectivity index (χ0) is 18.7. The van der Waals surface area contributed by atoms with Gasteiger partial charge in [-0.2, -0.15) is 13.2 Å². The van der Waals surface area contributed by atoms with Crippen molar-refractivity contribution in [1.82, 2.24) is 9.88 Å². The Morgan fingerprint density at radius 3 is 2.58 bits per heavy atom. The van der Waals surface area contributed by atoms with E-state index in [1.165, 1.54) is 29.5 Å². The zero-order valence-corrected chi connectivity index (χ0v) is 14.7. The van der Waals surface area contributed by atoms with E-state index in [1.807, 2.05) is 24.3 Å². The Morgan fingerprint density at radius 1 is 1.15 bits per heavy atom. The second-order valence-electron chi connectivity index (χ2n) is 5.84. The van der Waals surface area contributed by atoms with Crippen LogP contribution < -0.4 is 5.32 Å². The number of alkyl halides is 3. The first-order chi connectivity index (χ1) is 12.3. The van der Waals surface area contributed by atoms with E-state index >= 15 is 0 Å². The summed E-state index contributed by atoms with van der Waals surface area (Å²) in [6.45, 7) is 0.399. The number of nitrogens with one attached hydrogen (secondary N) is 1. The molecule has 0 bridgehead atoms. The first kappa shape index (κ1) is 18.3. The van der Waals surface area contributed by atoms with Gasteiger partial charge in [0.05, 0.1) is 34.6 Å². The van der Waals surface area contributed by atoms with Crippen LogP contribution in [0.1, 0.15) is 10.6 Å². The molecule has 4 nitrogen and oxygen atoms in total. The van der Waals surface area contributed by atoms with Gasteiger partial charge in [0, 0.05) is 0 Å². The number of hydrogen-bond donors (Lipinski definition) is 1. The quantitative estimate of drug-likeness (QED) is 0.715. The highest BCUT2D eigenvalue weighted by atomic mass is 32.1. The molecule has 3 rings (SSSR count). The largest absolute Gasteiger partial charge is 0.418 e. The van der Waals surface area contributed by atoms with Gasteiger partial charge in [0.25, 0.3) is 0 Å². The Bertz CT molecular complexity index is 890. The molecule has 0 radical (unpaired) electrons. The Labute approximate surface area is 152 Å². The van der Waals surface area contributed by atoms with Gasteiger partial charge in [-0.15, -0.1) is 11.3 Å². The normalized spacial score (nSPS) is 11.9. The lowest BCUT2D eigenvalue weighted by Crippen LogP contribution is -2.30. The van der Waals surface area contributed by atoms with Crippen molar-refractivity contribution >= 4 is 33.1 Å². The summed E-state index contributed by atoms with van der Waals surface area (Å²) in [5.41, 5.74) is -0.204. The van der Waals surface area contributed by atoms with Gasteiger partial charge < -0.3 is 5.32 Å². The number of rotatable bonds is 5. The number of fused-ring (bicyclic) bond motifs is 1. The van der Waals surface area contributed by atoms with Crippen LogP contribution in [0.25, 0.3) is 10.2 Å². The molecule has 0 unspecified atom stereocenters. The van der Waals surface area contributed by atoms with E-state index < -0.39 is 17.6 Å². The summed E-state index contributed by atoms with van der Waals surface area (Å²) >= 11 is 1.53. The standard InChI is InChI=1S/C18H16F3N3OS/c1-24(11-17-23-14-8-4-5-9-15(14)26-17)10-16(25)22-13-7-3-2-6-12(13)18(19,20)21/h2-9H,10-11H2,1H3,(H,22,25). The minimum atomic E-state index is -4.52. The number of anilines is 1. The number of para-hydroxylation sites is 2. The number of thiazole rings is 1. The van der Waals surface area contributed by atoms with Gasteiger partial charge >= 0.3 is 6.18 Å². The highest BCUT2D eigenvalue weighted by Crippen LogP contribution is 2.34. The predicted octanol–water partition coefficient (Wildman–Crippen LogP) is 4.39. The lowest BCUT2D eigenvalue weighted by atomic mass is 10.1. The molecule has 26 heavy (non-hydrogen) atoms. The van der Waals surface area contributed by atoms with Crippen LogP contribution in [-0.2, 0) is 17.5 Å². The number of hydrogen-bond acceptors (Lipinski definition) is 4. The maximum Gasteiger partial charge on any atom is 0.418 e. The monoisotopic (exact) mass is 379 g/mol. The SMILES string of the molecule is CN(CC(=O)Nc1ccccc1C(F)(F)F)Cc1nc2ccccc2s1. The molecule has 0 saturated heterocycles. The molecule has 0 saturated carbocycles. The molecule has 136 valence electrons. The average Bonchev–Trinajstić information content (AvgIpc) is 2.96. The van der Waals surface area contributed by atoms with Gasteiger partial charge in [0.1, 0.15) is 5.01 Å². The summed E-state index contributed by atoms with van der Waals surface area (Å²) in [5.74, 6) is -0.509. The summed E-state index contributed by atoms with van der Waals surface area (Å²) < 4.78 is 40.0. The molecule has 0 atom stereocenters. The third-order valence-corrected chi connectivity index (χ3v) is 4.68. The van der Waals surface area contributed by atoms with Gasteiger partial charge in [0.2, 0.25) is 5.91 Å². The number of benzene rings is 2. The van der Waals surface area contributed by atoms with E-state index in [0.29, 0.717) is 6.54 Å². The molecular weight excluding hydrogens is 363 g/mol. The minimum absolute atomic E-state index is 0.0396. The van der Waals surface area contributed by atoms with Crippen molar-refractivity contribution in [2.24, 2.45) is 0 Å². The summed E-state index contributed by atoms with van der Waals surface area (Å²) in [6, 6.07) is 12.6. The number of amides is 1.